The van der Waals surface area contributed by atoms with Crippen molar-refractivity contribution in [2.75, 3.05) is 11.9 Å². The summed E-state index contributed by atoms with van der Waals surface area (Å²) in [5.74, 6) is -0.674. The minimum Gasteiger partial charge on any atom is -0.461 e. The van der Waals surface area contributed by atoms with E-state index in [9.17, 15) is 9.59 Å². The summed E-state index contributed by atoms with van der Waals surface area (Å²) in [6.45, 7) is 3.82. The molecule has 2 aromatic heterocycles. The first-order chi connectivity index (χ1) is 11.1. The van der Waals surface area contributed by atoms with E-state index in [0.29, 0.717) is 10.7 Å². The van der Waals surface area contributed by atoms with Gasteiger partial charge in [-0.15, -0.1) is 11.3 Å². The van der Waals surface area contributed by atoms with Gasteiger partial charge in [-0.25, -0.2) is 9.78 Å². The molecule has 1 aromatic carbocycles. The fraction of sp³-hybridized carbons (Fsp3) is 0.188. The molecule has 0 aliphatic carbocycles. The van der Waals surface area contributed by atoms with Crippen LogP contribution in [0.3, 0.4) is 0 Å². The Labute approximate surface area is 136 Å². The van der Waals surface area contributed by atoms with Crippen LogP contribution in [0.2, 0.25) is 0 Å². The molecular weight excluding hydrogens is 316 g/mol. The second-order valence-electron chi connectivity index (χ2n) is 4.76. The Balaban J connectivity index is 1.81. The molecule has 0 aliphatic rings. The van der Waals surface area contributed by atoms with Gasteiger partial charge in [0.15, 0.2) is 16.6 Å². The normalized spacial score (nSPS) is 10.7. The van der Waals surface area contributed by atoms with Crippen molar-refractivity contribution in [2.45, 2.75) is 13.8 Å². The van der Waals surface area contributed by atoms with E-state index in [1.807, 2.05) is 25.1 Å². The minimum atomic E-state index is -0.510. The van der Waals surface area contributed by atoms with Gasteiger partial charge in [0, 0.05) is 16.3 Å². The molecule has 7 heteroatoms. The van der Waals surface area contributed by atoms with E-state index in [0.717, 1.165) is 22.3 Å². The number of furan rings is 1. The van der Waals surface area contributed by atoms with Gasteiger partial charge in [0.05, 0.1) is 6.61 Å². The summed E-state index contributed by atoms with van der Waals surface area (Å²) in [7, 11) is 0. The molecule has 0 spiro atoms. The molecule has 1 amide bonds. The van der Waals surface area contributed by atoms with Gasteiger partial charge in [-0.1, -0.05) is 18.2 Å². The number of carbonyl (C=O) groups excluding carboxylic acids is 2. The van der Waals surface area contributed by atoms with E-state index in [4.69, 9.17) is 9.15 Å². The molecule has 0 radical (unpaired) electrons. The molecule has 0 atom stereocenters. The third-order valence-corrected chi connectivity index (χ3v) is 4.02. The summed E-state index contributed by atoms with van der Waals surface area (Å²) in [6, 6.07) is 7.44. The standard InChI is InChI=1S/C16H14N2O4S/c1-3-21-15(20)11-8-23-16(17-11)18-14(19)13-9(2)10-6-4-5-7-12(10)22-13/h4-8H,3H2,1-2H3,(H,17,18,19). The van der Waals surface area contributed by atoms with Gasteiger partial charge in [0.25, 0.3) is 5.91 Å². The number of anilines is 1. The van der Waals surface area contributed by atoms with E-state index in [2.05, 4.69) is 10.3 Å². The van der Waals surface area contributed by atoms with Crippen molar-refractivity contribution in [1.82, 2.24) is 4.98 Å². The number of rotatable bonds is 4. The molecule has 23 heavy (non-hydrogen) atoms. The number of esters is 1. The lowest BCUT2D eigenvalue weighted by atomic mass is 10.1. The van der Waals surface area contributed by atoms with Crippen LogP contribution in [0.25, 0.3) is 11.0 Å². The topological polar surface area (TPSA) is 81.4 Å². The number of ether oxygens (including phenoxy) is 1. The second-order valence-corrected chi connectivity index (χ2v) is 5.62. The molecule has 118 valence electrons. The summed E-state index contributed by atoms with van der Waals surface area (Å²) in [4.78, 5) is 28.0. The van der Waals surface area contributed by atoms with Gasteiger partial charge in [-0.2, -0.15) is 0 Å². The number of para-hydroxylation sites is 1. The molecule has 0 bridgehead atoms. The number of nitrogens with one attached hydrogen (secondary N) is 1. The summed E-state index contributed by atoms with van der Waals surface area (Å²) in [5.41, 5.74) is 1.59. The Morgan fingerprint density at radius 3 is 2.87 bits per heavy atom. The first-order valence-corrected chi connectivity index (χ1v) is 7.90. The Morgan fingerprint density at radius 2 is 2.13 bits per heavy atom. The van der Waals surface area contributed by atoms with E-state index in [1.54, 1.807) is 18.4 Å². The molecule has 0 fully saturated rings. The second kappa shape index (κ2) is 6.21. The SMILES string of the molecule is CCOC(=O)c1csc(NC(=O)c2oc3ccccc3c2C)n1. The lowest BCUT2D eigenvalue weighted by Crippen LogP contribution is -2.12. The lowest BCUT2D eigenvalue weighted by Gasteiger charge is -1.99. The average molecular weight is 330 g/mol. The van der Waals surface area contributed by atoms with E-state index >= 15 is 0 Å². The maximum absolute atomic E-state index is 12.4. The van der Waals surface area contributed by atoms with Crippen molar-refractivity contribution in [1.29, 1.82) is 0 Å². The first kappa shape index (κ1) is 15.2. The van der Waals surface area contributed by atoms with Gasteiger partial charge in [-0.05, 0) is 19.9 Å². The fourth-order valence-corrected chi connectivity index (χ4v) is 2.85. The van der Waals surface area contributed by atoms with Gasteiger partial charge in [-0.3, -0.25) is 10.1 Å². The molecule has 1 N–H and O–H groups in total. The number of amides is 1. The summed E-state index contributed by atoms with van der Waals surface area (Å²) >= 11 is 1.15. The summed E-state index contributed by atoms with van der Waals surface area (Å²) in [5, 5.41) is 5.40. The lowest BCUT2D eigenvalue weighted by molar-refractivity contribution is 0.0520. The third kappa shape index (κ3) is 2.95. The third-order valence-electron chi connectivity index (χ3n) is 3.26. The highest BCUT2D eigenvalue weighted by Gasteiger charge is 2.19. The van der Waals surface area contributed by atoms with Crippen molar-refractivity contribution in [2.24, 2.45) is 0 Å². The van der Waals surface area contributed by atoms with Crippen molar-refractivity contribution in [3.8, 4) is 0 Å². The van der Waals surface area contributed by atoms with Crippen molar-refractivity contribution in [3.05, 3.63) is 46.7 Å². The van der Waals surface area contributed by atoms with Gasteiger partial charge in [0.1, 0.15) is 5.58 Å². The smallest absolute Gasteiger partial charge is 0.357 e. The van der Waals surface area contributed by atoms with E-state index in [1.165, 1.54) is 0 Å². The number of nitrogens with zero attached hydrogens (tertiary/aromatic N) is 1. The molecule has 2 heterocycles. The highest BCUT2D eigenvalue weighted by molar-refractivity contribution is 7.14. The van der Waals surface area contributed by atoms with Crippen LogP contribution < -0.4 is 5.32 Å². The van der Waals surface area contributed by atoms with Crippen LogP contribution in [0.1, 0.15) is 33.5 Å². The Hall–Kier alpha value is -2.67. The van der Waals surface area contributed by atoms with Crippen molar-refractivity contribution >= 4 is 39.3 Å². The zero-order valence-corrected chi connectivity index (χ0v) is 13.4. The maximum atomic E-state index is 12.4. The molecule has 0 aliphatic heterocycles. The van der Waals surface area contributed by atoms with Crippen molar-refractivity contribution < 1.29 is 18.7 Å². The maximum Gasteiger partial charge on any atom is 0.357 e. The van der Waals surface area contributed by atoms with Gasteiger partial charge < -0.3 is 9.15 Å². The predicted molar refractivity (Wildman–Crippen MR) is 87.0 cm³/mol. The van der Waals surface area contributed by atoms with Gasteiger partial charge >= 0.3 is 5.97 Å². The molecular formula is C16H14N2O4S. The fourth-order valence-electron chi connectivity index (χ4n) is 2.17. The summed E-state index contributed by atoms with van der Waals surface area (Å²) in [6.07, 6.45) is 0. The number of hydrogen-bond acceptors (Lipinski definition) is 6. The van der Waals surface area contributed by atoms with Gasteiger partial charge in [0.2, 0.25) is 0 Å². The number of aromatic nitrogens is 1. The molecule has 0 saturated heterocycles. The largest absolute Gasteiger partial charge is 0.461 e. The first-order valence-electron chi connectivity index (χ1n) is 7.02. The van der Waals surface area contributed by atoms with Crippen LogP contribution in [0.4, 0.5) is 5.13 Å². The monoisotopic (exact) mass is 330 g/mol. The Bertz CT molecular complexity index is 881. The molecule has 3 aromatic rings. The van der Waals surface area contributed by atoms with Crippen molar-refractivity contribution in [3.63, 3.8) is 0 Å². The molecule has 0 saturated carbocycles. The predicted octanol–water partition coefficient (Wildman–Crippen LogP) is 3.63. The quantitative estimate of drug-likeness (QED) is 0.739. The van der Waals surface area contributed by atoms with Crippen LogP contribution in [0, 0.1) is 6.92 Å². The summed E-state index contributed by atoms with van der Waals surface area (Å²) < 4.78 is 10.5. The minimum absolute atomic E-state index is 0.175. The van der Waals surface area contributed by atoms with Crippen LogP contribution in [-0.4, -0.2) is 23.5 Å². The van der Waals surface area contributed by atoms with Crippen LogP contribution >= 0.6 is 11.3 Å². The van der Waals surface area contributed by atoms with Crippen LogP contribution in [0.5, 0.6) is 0 Å². The number of benzene rings is 1. The number of aryl methyl sites for hydroxylation is 1. The molecule has 0 unspecified atom stereocenters. The highest BCUT2D eigenvalue weighted by atomic mass is 32.1. The number of hydrogen-bond donors (Lipinski definition) is 1. The highest BCUT2D eigenvalue weighted by Crippen LogP contribution is 2.26. The number of fused-ring (bicyclic) bond motifs is 1. The van der Waals surface area contributed by atoms with Crippen LogP contribution in [-0.2, 0) is 4.74 Å². The van der Waals surface area contributed by atoms with E-state index < -0.39 is 11.9 Å². The zero-order valence-electron chi connectivity index (χ0n) is 12.6. The molecule has 3 rings (SSSR count). The van der Waals surface area contributed by atoms with Crippen LogP contribution in [0.15, 0.2) is 34.1 Å². The Morgan fingerprint density at radius 1 is 1.35 bits per heavy atom. The number of carbonyl (C=O) groups is 2. The molecule has 6 nitrogen and oxygen atoms in total. The Kier molecular flexibility index (Phi) is 4.12. The zero-order chi connectivity index (χ0) is 16.4. The van der Waals surface area contributed by atoms with E-state index in [-0.39, 0.29) is 18.1 Å². The average Bonchev–Trinajstić information content (AvgIpc) is 3.13. The number of thiazole rings is 1.